The second-order valence-electron chi connectivity index (χ2n) is 3.86. The summed E-state index contributed by atoms with van der Waals surface area (Å²) in [5.41, 5.74) is 7.22. The van der Waals surface area contributed by atoms with Crippen molar-refractivity contribution in [3.05, 3.63) is 47.2 Å². The van der Waals surface area contributed by atoms with Crippen molar-refractivity contribution in [3.63, 3.8) is 0 Å². The molecule has 19 heavy (non-hydrogen) atoms. The number of hydrogen-bond acceptors (Lipinski definition) is 5. The van der Waals surface area contributed by atoms with Gasteiger partial charge in [-0.3, -0.25) is 4.40 Å². The van der Waals surface area contributed by atoms with Gasteiger partial charge in [0.25, 0.3) is 0 Å². The molecule has 3 rings (SSSR count). The second-order valence-corrected chi connectivity index (χ2v) is 5.21. The summed E-state index contributed by atoms with van der Waals surface area (Å²) in [5, 5.41) is 9.63. The minimum Gasteiger partial charge on any atom is -0.384 e. The molecule has 0 bridgehead atoms. The summed E-state index contributed by atoms with van der Waals surface area (Å²) in [4.78, 5) is 4.22. The fraction of sp³-hybridized carbons (Fsp3) is 0.0833. The Morgan fingerprint density at radius 3 is 3.00 bits per heavy atom. The minimum atomic E-state index is 0.464. The van der Waals surface area contributed by atoms with Crippen molar-refractivity contribution in [1.29, 1.82) is 0 Å². The SMILES string of the molecule is Nc1ccc(Cl)c(CSc2nnc3ccccn23)n1. The third kappa shape index (κ3) is 2.50. The van der Waals surface area contributed by atoms with Crippen LogP contribution < -0.4 is 5.73 Å². The van der Waals surface area contributed by atoms with Crippen LogP contribution in [0.25, 0.3) is 5.65 Å². The third-order valence-corrected chi connectivity index (χ3v) is 3.86. The number of aromatic nitrogens is 4. The topological polar surface area (TPSA) is 69.1 Å². The molecule has 0 spiro atoms. The fourth-order valence-electron chi connectivity index (χ4n) is 1.65. The van der Waals surface area contributed by atoms with Crippen LogP contribution in [0.15, 0.2) is 41.7 Å². The van der Waals surface area contributed by atoms with Gasteiger partial charge in [0.2, 0.25) is 0 Å². The van der Waals surface area contributed by atoms with Gasteiger partial charge in [-0.1, -0.05) is 29.4 Å². The zero-order valence-electron chi connectivity index (χ0n) is 9.82. The van der Waals surface area contributed by atoms with Gasteiger partial charge in [-0.25, -0.2) is 4.98 Å². The highest BCUT2D eigenvalue weighted by molar-refractivity contribution is 7.98. The maximum absolute atomic E-state index is 6.08. The Kier molecular flexibility index (Phi) is 3.27. The molecule has 3 aromatic heterocycles. The van der Waals surface area contributed by atoms with Crippen molar-refractivity contribution < 1.29 is 0 Å². The highest BCUT2D eigenvalue weighted by Gasteiger charge is 2.08. The number of hydrogen-bond donors (Lipinski definition) is 1. The monoisotopic (exact) mass is 291 g/mol. The highest BCUT2D eigenvalue weighted by Crippen LogP contribution is 2.25. The number of pyridine rings is 2. The summed E-state index contributed by atoms with van der Waals surface area (Å²) in [7, 11) is 0. The molecule has 0 aliphatic carbocycles. The predicted molar refractivity (Wildman–Crippen MR) is 76.2 cm³/mol. The van der Waals surface area contributed by atoms with Gasteiger partial charge in [-0.15, -0.1) is 10.2 Å². The summed E-state index contributed by atoms with van der Waals surface area (Å²) in [5.74, 6) is 1.06. The molecule has 0 aliphatic heterocycles. The first-order chi connectivity index (χ1) is 9.24. The average molecular weight is 292 g/mol. The van der Waals surface area contributed by atoms with Crippen molar-refractivity contribution in [2.45, 2.75) is 10.9 Å². The molecule has 0 aromatic carbocycles. The van der Waals surface area contributed by atoms with Gasteiger partial charge in [-0.2, -0.15) is 0 Å². The largest absolute Gasteiger partial charge is 0.384 e. The lowest BCUT2D eigenvalue weighted by atomic mass is 10.4. The molecule has 0 atom stereocenters. The maximum atomic E-state index is 6.08. The van der Waals surface area contributed by atoms with E-state index in [4.69, 9.17) is 17.3 Å². The van der Waals surface area contributed by atoms with Crippen LogP contribution in [0.5, 0.6) is 0 Å². The van der Waals surface area contributed by atoms with E-state index in [-0.39, 0.29) is 0 Å². The van der Waals surface area contributed by atoms with Crippen LogP contribution in [0.3, 0.4) is 0 Å². The van der Waals surface area contributed by atoms with E-state index in [0.29, 0.717) is 16.6 Å². The molecule has 3 heterocycles. The molecule has 0 unspecified atom stereocenters. The Morgan fingerprint density at radius 2 is 2.11 bits per heavy atom. The predicted octanol–water partition coefficient (Wildman–Crippen LogP) is 2.65. The van der Waals surface area contributed by atoms with Crippen LogP contribution in [0.4, 0.5) is 5.82 Å². The maximum Gasteiger partial charge on any atom is 0.195 e. The highest BCUT2D eigenvalue weighted by atomic mass is 35.5. The van der Waals surface area contributed by atoms with E-state index in [1.54, 1.807) is 12.1 Å². The Bertz CT molecular complexity index is 727. The molecule has 0 fully saturated rings. The number of fused-ring (bicyclic) bond motifs is 1. The molecular weight excluding hydrogens is 282 g/mol. The zero-order chi connectivity index (χ0) is 13.2. The Morgan fingerprint density at radius 1 is 1.21 bits per heavy atom. The Balaban J connectivity index is 1.84. The summed E-state index contributed by atoms with van der Waals surface area (Å²) in [6.07, 6.45) is 1.92. The number of nitrogen functional groups attached to an aromatic ring is 1. The molecule has 0 aliphatic rings. The number of halogens is 1. The van der Waals surface area contributed by atoms with Gasteiger partial charge in [0.1, 0.15) is 5.82 Å². The number of anilines is 1. The summed E-state index contributed by atoms with van der Waals surface area (Å²) in [6, 6.07) is 9.20. The van der Waals surface area contributed by atoms with Crippen molar-refractivity contribution in [1.82, 2.24) is 19.6 Å². The molecule has 96 valence electrons. The standard InChI is InChI=1S/C12H10ClN5S/c13-8-4-5-10(14)15-9(8)7-19-12-17-16-11-3-1-2-6-18(11)12/h1-6H,7H2,(H2,14,15). The molecule has 0 saturated heterocycles. The third-order valence-electron chi connectivity index (χ3n) is 2.56. The lowest BCUT2D eigenvalue weighted by Crippen LogP contribution is -1.96. The minimum absolute atomic E-state index is 0.464. The molecule has 0 radical (unpaired) electrons. The normalized spacial score (nSPS) is 11.0. The molecule has 3 aromatic rings. The number of rotatable bonds is 3. The Labute approximate surface area is 118 Å². The fourth-order valence-corrected chi connectivity index (χ4v) is 2.78. The molecule has 7 heteroatoms. The smallest absolute Gasteiger partial charge is 0.195 e. The quantitative estimate of drug-likeness (QED) is 0.751. The average Bonchev–Trinajstić information content (AvgIpc) is 2.83. The van der Waals surface area contributed by atoms with E-state index in [1.807, 2.05) is 28.8 Å². The van der Waals surface area contributed by atoms with Crippen LogP contribution in [0.2, 0.25) is 5.02 Å². The van der Waals surface area contributed by atoms with Crippen molar-refractivity contribution >= 4 is 34.8 Å². The number of thioether (sulfide) groups is 1. The van der Waals surface area contributed by atoms with Gasteiger partial charge in [0.15, 0.2) is 10.8 Å². The first-order valence-corrected chi connectivity index (χ1v) is 6.94. The molecule has 5 nitrogen and oxygen atoms in total. The van der Waals surface area contributed by atoms with Crippen molar-refractivity contribution in [2.75, 3.05) is 5.73 Å². The Hall–Kier alpha value is -1.79. The first kappa shape index (κ1) is 12.3. The number of nitrogens with zero attached hydrogens (tertiary/aromatic N) is 4. The molecular formula is C12H10ClN5S. The lowest BCUT2D eigenvalue weighted by molar-refractivity contribution is 0.920. The number of nitrogens with two attached hydrogens (primary N) is 1. The van der Waals surface area contributed by atoms with Crippen LogP contribution in [0, 0.1) is 0 Å². The molecule has 2 N–H and O–H groups in total. The van der Waals surface area contributed by atoms with E-state index >= 15 is 0 Å². The van der Waals surface area contributed by atoms with E-state index in [2.05, 4.69) is 15.2 Å². The van der Waals surface area contributed by atoms with Crippen LogP contribution in [-0.2, 0) is 5.75 Å². The van der Waals surface area contributed by atoms with Gasteiger partial charge >= 0.3 is 0 Å². The van der Waals surface area contributed by atoms with Crippen LogP contribution >= 0.6 is 23.4 Å². The zero-order valence-corrected chi connectivity index (χ0v) is 11.4. The molecule has 0 saturated carbocycles. The van der Waals surface area contributed by atoms with E-state index in [9.17, 15) is 0 Å². The van der Waals surface area contributed by atoms with Gasteiger partial charge in [-0.05, 0) is 24.3 Å². The van der Waals surface area contributed by atoms with E-state index in [1.165, 1.54) is 11.8 Å². The van der Waals surface area contributed by atoms with Crippen LogP contribution in [-0.4, -0.2) is 19.6 Å². The van der Waals surface area contributed by atoms with E-state index in [0.717, 1.165) is 16.5 Å². The first-order valence-electron chi connectivity index (χ1n) is 5.57. The van der Waals surface area contributed by atoms with Gasteiger partial charge < -0.3 is 5.73 Å². The van der Waals surface area contributed by atoms with Crippen LogP contribution in [0.1, 0.15) is 5.69 Å². The van der Waals surface area contributed by atoms with Gasteiger partial charge in [0, 0.05) is 11.9 Å². The molecule has 0 amide bonds. The van der Waals surface area contributed by atoms with Crippen molar-refractivity contribution in [2.24, 2.45) is 0 Å². The van der Waals surface area contributed by atoms with E-state index < -0.39 is 0 Å². The van der Waals surface area contributed by atoms with Gasteiger partial charge in [0.05, 0.1) is 10.7 Å². The summed E-state index contributed by atoms with van der Waals surface area (Å²) >= 11 is 7.60. The second kappa shape index (κ2) is 5.07. The van der Waals surface area contributed by atoms with Crippen molar-refractivity contribution in [3.8, 4) is 0 Å². The summed E-state index contributed by atoms with van der Waals surface area (Å²) in [6.45, 7) is 0. The lowest BCUT2D eigenvalue weighted by Gasteiger charge is -2.03. The summed E-state index contributed by atoms with van der Waals surface area (Å²) < 4.78 is 1.92.